The van der Waals surface area contributed by atoms with Crippen molar-refractivity contribution >= 4 is 40.0 Å². The topological polar surface area (TPSA) is 113 Å². The Balaban J connectivity index is 1.60. The molecule has 0 saturated heterocycles. The molecule has 1 heterocycles. The minimum Gasteiger partial charge on any atom is -0.494 e. The van der Waals surface area contributed by atoms with E-state index in [2.05, 4.69) is 15.6 Å². The van der Waals surface area contributed by atoms with Gasteiger partial charge in [0.25, 0.3) is 5.91 Å². The SMILES string of the molecule is COc1cc(C)cc(OC)c1N(CC(=O)Nc1ccccc1C)C(=O)CNC(=O)c1cc2ccccc2[nH]1. The molecule has 0 aliphatic carbocycles. The average molecular weight is 515 g/mol. The molecular weight excluding hydrogens is 484 g/mol. The largest absolute Gasteiger partial charge is 0.494 e. The molecule has 3 N–H and O–H groups in total. The summed E-state index contributed by atoms with van der Waals surface area (Å²) in [5.41, 5.74) is 3.81. The molecule has 0 fully saturated rings. The van der Waals surface area contributed by atoms with Crippen LogP contribution in [0.15, 0.2) is 66.7 Å². The third-order valence-electron chi connectivity index (χ3n) is 6.09. The second-order valence-corrected chi connectivity index (χ2v) is 8.81. The summed E-state index contributed by atoms with van der Waals surface area (Å²) >= 11 is 0. The molecule has 3 amide bonds. The van der Waals surface area contributed by atoms with Crippen LogP contribution in [0, 0.1) is 13.8 Å². The summed E-state index contributed by atoms with van der Waals surface area (Å²) in [6.45, 7) is 3.06. The molecule has 0 spiro atoms. The van der Waals surface area contributed by atoms with Gasteiger partial charge in [0.1, 0.15) is 29.4 Å². The molecule has 0 radical (unpaired) electrons. The van der Waals surface area contributed by atoms with Crippen LogP contribution in [0.1, 0.15) is 21.6 Å². The highest BCUT2D eigenvalue weighted by atomic mass is 16.5. The van der Waals surface area contributed by atoms with E-state index in [4.69, 9.17) is 9.47 Å². The molecule has 0 aliphatic rings. The highest BCUT2D eigenvalue weighted by Gasteiger charge is 2.27. The fourth-order valence-electron chi connectivity index (χ4n) is 4.17. The molecule has 196 valence electrons. The zero-order valence-corrected chi connectivity index (χ0v) is 21.8. The van der Waals surface area contributed by atoms with Crippen molar-refractivity contribution in [2.24, 2.45) is 0 Å². The average Bonchev–Trinajstić information content (AvgIpc) is 3.35. The van der Waals surface area contributed by atoms with Crippen molar-refractivity contribution in [2.45, 2.75) is 13.8 Å². The fourth-order valence-corrected chi connectivity index (χ4v) is 4.17. The number of benzene rings is 3. The minimum atomic E-state index is -0.519. The van der Waals surface area contributed by atoms with E-state index < -0.39 is 17.7 Å². The van der Waals surface area contributed by atoms with Crippen molar-refractivity contribution < 1.29 is 23.9 Å². The molecule has 4 aromatic rings. The predicted octanol–water partition coefficient (Wildman–Crippen LogP) is 4.20. The van der Waals surface area contributed by atoms with Gasteiger partial charge in [0.2, 0.25) is 11.8 Å². The van der Waals surface area contributed by atoms with Gasteiger partial charge in [-0.05, 0) is 55.3 Å². The van der Waals surface area contributed by atoms with E-state index in [1.807, 2.05) is 56.3 Å². The number of nitrogens with one attached hydrogen (secondary N) is 3. The number of hydrogen-bond acceptors (Lipinski definition) is 5. The first-order valence-corrected chi connectivity index (χ1v) is 12.0. The molecule has 0 bridgehead atoms. The maximum Gasteiger partial charge on any atom is 0.268 e. The molecule has 3 aromatic carbocycles. The summed E-state index contributed by atoms with van der Waals surface area (Å²) in [4.78, 5) is 43.8. The first-order valence-electron chi connectivity index (χ1n) is 12.0. The van der Waals surface area contributed by atoms with Crippen molar-refractivity contribution in [3.05, 3.63) is 83.6 Å². The number of amides is 3. The van der Waals surface area contributed by atoms with Crippen LogP contribution in [-0.2, 0) is 9.59 Å². The fraction of sp³-hybridized carbons (Fsp3) is 0.207. The first-order chi connectivity index (χ1) is 18.3. The van der Waals surface area contributed by atoms with Crippen LogP contribution in [0.25, 0.3) is 10.9 Å². The van der Waals surface area contributed by atoms with Gasteiger partial charge in [-0.3, -0.25) is 19.3 Å². The highest BCUT2D eigenvalue weighted by molar-refractivity contribution is 6.07. The number of ether oxygens (including phenoxy) is 2. The van der Waals surface area contributed by atoms with Crippen molar-refractivity contribution in [1.82, 2.24) is 10.3 Å². The Bertz CT molecular complexity index is 1440. The lowest BCUT2D eigenvalue weighted by Gasteiger charge is -2.26. The Kier molecular flexibility index (Phi) is 7.96. The molecule has 38 heavy (non-hydrogen) atoms. The predicted molar refractivity (Wildman–Crippen MR) is 147 cm³/mol. The number of hydrogen-bond donors (Lipinski definition) is 3. The molecule has 0 aliphatic heterocycles. The smallest absolute Gasteiger partial charge is 0.268 e. The van der Waals surface area contributed by atoms with Gasteiger partial charge in [0, 0.05) is 16.6 Å². The number of aromatic nitrogens is 1. The molecular formula is C29H30N4O5. The number of para-hydroxylation sites is 2. The lowest BCUT2D eigenvalue weighted by atomic mass is 10.1. The molecule has 0 saturated carbocycles. The monoisotopic (exact) mass is 514 g/mol. The van der Waals surface area contributed by atoms with E-state index in [9.17, 15) is 14.4 Å². The van der Waals surface area contributed by atoms with E-state index in [0.29, 0.717) is 28.6 Å². The second-order valence-electron chi connectivity index (χ2n) is 8.81. The van der Waals surface area contributed by atoms with Gasteiger partial charge >= 0.3 is 0 Å². The standard InChI is InChI=1S/C29H30N4O5/c1-18-13-24(37-3)28(25(14-18)38-4)33(17-26(34)32-21-11-7-5-9-19(21)2)27(35)16-30-29(36)23-15-20-10-6-8-12-22(20)31-23/h5-15,31H,16-17H2,1-4H3,(H,30,36)(H,32,34). The van der Waals surface area contributed by atoms with Crippen LogP contribution in [0.5, 0.6) is 11.5 Å². The summed E-state index contributed by atoms with van der Waals surface area (Å²) in [6, 6.07) is 20.1. The van der Waals surface area contributed by atoms with Crippen LogP contribution in [-0.4, -0.2) is 50.0 Å². The van der Waals surface area contributed by atoms with Crippen molar-refractivity contribution in [3.8, 4) is 11.5 Å². The quantitative estimate of drug-likeness (QED) is 0.310. The third kappa shape index (κ3) is 5.78. The van der Waals surface area contributed by atoms with Gasteiger partial charge in [-0.1, -0.05) is 36.4 Å². The molecule has 9 nitrogen and oxygen atoms in total. The summed E-state index contributed by atoms with van der Waals surface area (Å²) < 4.78 is 11.1. The Hall–Kier alpha value is -4.79. The van der Waals surface area contributed by atoms with Crippen LogP contribution in [0.4, 0.5) is 11.4 Å². The van der Waals surface area contributed by atoms with Crippen molar-refractivity contribution in [2.75, 3.05) is 37.5 Å². The lowest BCUT2D eigenvalue weighted by Crippen LogP contribution is -2.44. The normalized spacial score (nSPS) is 10.6. The van der Waals surface area contributed by atoms with E-state index in [1.54, 1.807) is 24.3 Å². The summed E-state index contributed by atoms with van der Waals surface area (Å²) in [7, 11) is 2.96. The highest BCUT2D eigenvalue weighted by Crippen LogP contribution is 2.39. The molecule has 0 unspecified atom stereocenters. The van der Waals surface area contributed by atoms with Gasteiger partial charge in [0.05, 0.1) is 20.8 Å². The van der Waals surface area contributed by atoms with Gasteiger partial charge in [-0.25, -0.2) is 0 Å². The number of fused-ring (bicyclic) bond motifs is 1. The zero-order chi connectivity index (χ0) is 27.2. The maximum absolute atomic E-state index is 13.5. The van der Waals surface area contributed by atoms with Crippen LogP contribution >= 0.6 is 0 Å². The Morgan fingerprint density at radius 3 is 2.21 bits per heavy atom. The minimum absolute atomic E-state index is 0.297. The van der Waals surface area contributed by atoms with E-state index >= 15 is 0 Å². The second kappa shape index (κ2) is 11.5. The number of H-pyrrole nitrogens is 1. The van der Waals surface area contributed by atoms with Gasteiger partial charge in [-0.2, -0.15) is 0 Å². The van der Waals surface area contributed by atoms with E-state index in [-0.39, 0.29) is 13.1 Å². The van der Waals surface area contributed by atoms with E-state index in [0.717, 1.165) is 22.0 Å². The first kappa shape index (κ1) is 26.3. The van der Waals surface area contributed by atoms with E-state index in [1.165, 1.54) is 19.1 Å². The van der Waals surface area contributed by atoms with Crippen LogP contribution in [0.3, 0.4) is 0 Å². The number of methoxy groups -OCH3 is 2. The van der Waals surface area contributed by atoms with Gasteiger partial charge in [0.15, 0.2) is 0 Å². The van der Waals surface area contributed by atoms with Crippen molar-refractivity contribution in [1.29, 1.82) is 0 Å². The number of aromatic amines is 1. The molecule has 9 heteroatoms. The third-order valence-corrected chi connectivity index (χ3v) is 6.09. The number of aryl methyl sites for hydroxylation is 2. The number of carbonyl (C=O) groups excluding carboxylic acids is 3. The Labute approximate surface area is 220 Å². The van der Waals surface area contributed by atoms with Crippen LogP contribution in [0.2, 0.25) is 0 Å². The summed E-state index contributed by atoms with van der Waals surface area (Å²) in [5.74, 6) is -0.655. The van der Waals surface area contributed by atoms with Crippen molar-refractivity contribution in [3.63, 3.8) is 0 Å². The Morgan fingerprint density at radius 1 is 0.895 bits per heavy atom. The number of nitrogens with zero attached hydrogens (tertiary/aromatic N) is 1. The summed E-state index contributed by atoms with van der Waals surface area (Å²) in [6.07, 6.45) is 0. The maximum atomic E-state index is 13.5. The van der Waals surface area contributed by atoms with Gasteiger partial charge in [-0.15, -0.1) is 0 Å². The summed E-state index contributed by atoms with van der Waals surface area (Å²) in [5, 5.41) is 6.39. The molecule has 1 aromatic heterocycles. The number of anilines is 2. The molecule has 0 atom stereocenters. The number of rotatable bonds is 9. The van der Waals surface area contributed by atoms with Gasteiger partial charge < -0.3 is 25.1 Å². The number of carbonyl (C=O) groups is 3. The zero-order valence-electron chi connectivity index (χ0n) is 21.8. The lowest BCUT2D eigenvalue weighted by molar-refractivity contribution is -0.121. The van der Waals surface area contributed by atoms with Crippen LogP contribution < -0.4 is 25.0 Å². The Morgan fingerprint density at radius 2 is 1.55 bits per heavy atom. The molecule has 4 rings (SSSR count).